The van der Waals surface area contributed by atoms with Crippen molar-refractivity contribution in [3.63, 3.8) is 0 Å². The van der Waals surface area contributed by atoms with Crippen LogP contribution in [0.25, 0.3) is 90.3 Å². The number of hydrogen-bond donors (Lipinski definition) is 0. The van der Waals surface area contributed by atoms with E-state index >= 15 is 0 Å². The summed E-state index contributed by atoms with van der Waals surface area (Å²) in [6, 6.07) is 61.6. The molecule has 0 saturated carbocycles. The number of aromatic nitrogens is 6. The van der Waals surface area contributed by atoms with Crippen LogP contribution >= 0.6 is 0 Å². The molecular weight excluding hydrogens is 661 g/mol. The largest absolute Gasteiger partial charge is 0.264 e. The zero-order chi connectivity index (χ0) is 36.1. The highest BCUT2D eigenvalue weighted by Gasteiger charge is 2.14. The van der Waals surface area contributed by atoms with Gasteiger partial charge in [0.2, 0.25) is 0 Å². The fourth-order valence-electron chi connectivity index (χ4n) is 6.43. The van der Waals surface area contributed by atoms with Crippen LogP contribution in [0.3, 0.4) is 0 Å². The Morgan fingerprint density at radius 2 is 0.630 bits per heavy atom. The molecule has 0 aliphatic rings. The Hall–Kier alpha value is -7.44. The molecule has 254 valence electrons. The first-order valence-electron chi connectivity index (χ1n) is 17.8. The summed E-state index contributed by atoms with van der Waals surface area (Å²) in [4.78, 5) is 29.0. The highest BCUT2D eigenvalue weighted by atomic mass is 15.0. The van der Waals surface area contributed by atoms with E-state index in [1.165, 1.54) is 0 Å². The molecule has 0 saturated heterocycles. The summed E-state index contributed by atoms with van der Waals surface area (Å²) in [5.41, 5.74) is 11.8. The normalized spacial score (nSPS) is 11.0. The van der Waals surface area contributed by atoms with Gasteiger partial charge >= 0.3 is 0 Å². The van der Waals surface area contributed by atoms with Crippen LogP contribution in [-0.2, 0) is 0 Å². The second-order valence-electron chi connectivity index (χ2n) is 12.8. The molecule has 0 aliphatic heterocycles. The van der Waals surface area contributed by atoms with E-state index in [0.29, 0.717) is 23.3 Å². The summed E-state index contributed by atoms with van der Waals surface area (Å²) in [7, 11) is 0. The van der Waals surface area contributed by atoms with Crippen LogP contribution in [0.5, 0.6) is 0 Å². The van der Waals surface area contributed by atoms with Gasteiger partial charge in [-0.3, -0.25) is 4.98 Å². The number of rotatable bonds is 8. The van der Waals surface area contributed by atoms with Crippen LogP contribution in [0.2, 0.25) is 0 Å². The zero-order valence-electron chi connectivity index (χ0n) is 29.2. The topological polar surface area (TPSA) is 77.3 Å². The van der Waals surface area contributed by atoms with Crippen molar-refractivity contribution in [1.82, 2.24) is 29.9 Å². The van der Waals surface area contributed by atoms with Crippen molar-refractivity contribution in [3.8, 4) is 90.3 Å². The van der Waals surface area contributed by atoms with E-state index in [1.54, 1.807) is 6.20 Å². The quantitative estimate of drug-likeness (QED) is 0.158. The first-order valence-corrected chi connectivity index (χ1v) is 17.8. The molecule has 0 N–H and O–H groups in total. The molecule has 3 heterocycles. The van der Waals surface area contributed by atoms with Crippen molar-refractivity contribution in [1.29, 1.82) is 0 Å². The van der Waals surface area contributed by atoms with E-state index in [2.05, 4.69) is 89.9 Å². The Morgan fingerprint density at radius 1 is 0.241 bits per heavy atom. The maximum atomic E-state index is 5.08. The molecule has 0 fully saturated rings. The number of benzene rings is 6. The highest BCUT2D eigenvalue weighted by molar-refractivity contribution is 5.78. The van der Waals surface area contributed by atoms with Gasteiger partial charge in [0.25, 0.3) is 0 Å². The standard InChI is InChI=1S/C48H32N6/c1-4-12-36(13-5-1)45-50-43(35-25-21-34(22-26-35)42-20-11-29-49-32-42)31-44(51-45)41-19-10-18-40(30-41)33-23-27-39(28-24-33)48-53-46(37-14-6-2-7-15-37)52-47(54-48)38-16-8-3-9-17-38/h1-32H. The number of pyridine rings is 1. The van der Waals surface area contributed by atoms with Crippen molar-refractivity contribution in [2.45, 2.75) is 0 Å². The molecule has 0 aliphatic carbocycles. The molecule has 9 aromatic rings. The van der Waals surface area contributed by atoms with Crippen molar-refractivity contribution in [2.75, 3.05) is 0 Å². The summed E-state index contributed by atoms with van der Waals surface area (Å²) in [6.45, 7) is 0. The minimum absolute atomic E-state index is 0.624. The summed E-state index contributed by atoms with van der Waals surface area (Å²) >= 11 is 0. The summed E-state index contributed by atoms with van der Waals surface area (Å²) in [6.07, 6.45) is 3.66. The van der Waals surface area contributed by atoms with Crippen molar-refractivity contribution >= 4 is 0 Å². The number of hydrogen-bond acceptors (Lipinski definition) is 6. The molecule has 0 spiro atoms. The highest BCUT2D eigenvalue weighted by Crippen LogP contribution is 2.32. The van der Waals surface area contributed by atoms with Crippen molar-refractivity contribution in [3.05, 3.63) is 194 Å². The monoisotopic (exact) mass is 692 g/mol. The van der Waals surface area contributed by atoms with Crippen LogP contribution in [-0.4, -0.2) is 29.9 Å². The number of nitrogens with zero attached hydrogens (tertiary/aromatic N) is 6. The Labute approximate surface area is 313 Å². The van der Waals surface area contributed by atoms with Gasteiger partial charge in [-0.25, -0.2) is 24.9 Å². The molecule has 0 radical (unpaired) electrons. The molecule has 9 rings (SSSR count). The van der Waals surface area contributed by atoms with Crippen LogP contribution < -0.4 is 0 Å². The third-order valence-electron chi connectivity index (χ3n) is 9.27. The average molecular weight is 693 g/mol. The Balaban J connectivity index is 1.06. The van der Waals surface area contributed by atoms with Crippen LogP contribution in [0.4, 0.5) is 0 Å². The Bertz CT molecular complexity index is 2610. The molecule has 6 nitrogen and oxygen atoms in total. The lowest BCUT2D eigenvalue weighted by Crippen LogP contribution is -2.00. The summed E-state index contributed by atoms with van der Waals surface area (Å²) < 4.78 is 0. The Kier molecular flexibility index (Phi) is 8.81. The molecule has 54 heavy (non-hydrogen) atoms. The van der Waals surface area contributed by atoms with Crippen molar-refractivity contribution in [2.24, 2.45) is 0 Å². The molecule has 0 amide bonds. The van der Waals surface area contributed by atoms with Crippen LogP contribution in [0.1, 0.15) is 0 Å². The minimum Gasteiger partial charge on any atom is -0.264 e. The lowest BCUT2D eigenvalue weighted by molar-refractivity contribution is 1.07. The predicted molar refractivity (Wildman–Crippen MR) is 217 cm³/mol. The van der Waals surface area contributed by atoms with E-state index in [1.807, 2.05) is 103 Å². The van der Waals surface area contributed by atoms with Gasteiger partial charge in [-0.2, -0.15) is 0 Å². The second kappa shape index (κ2) is 14.7. The fraction of sp³-hybridized carbons (Fsp3) is 0. The van der Waals surface area contributed by atoms with Gasteiger partial charge in [0.05, 0.1) is 11.4 Å². The van der Waals surface area contributed by atoms with E-state index in [-0.39, 0.29) is 0 Å². The predicted octanol–water partition coefficient (Wildman–Crippen LogP) is 11.4. The fourth-order valence-corrected chi connectivity index (χ4v) is 6.43. The van der Waals surface area contributed by atoms with E-state index in [9.17, 15) is 0 Å². The van der Waals surface area contributed by atoms with Gasteiger partial charge in [0.15, 0.2) is 23.3 Å². The maximum Gasteiger partial charge on any atom is 0.164 e. The first-order chi connectivity index (χ1) is 26.7. The van der Waals surface area contributed by atoms with Crippen LogP contribution in [0, 0.1) is 0 Å². The smallest absolute Gasteiger partial charge is 0.164 e. The third kappa shape index (κ3) is 6.92. The molecule has 3 aromatic heterocycles. The maximum absolute atomic E-state index is 5.08. The van der Waals surface area contributed by atoms with Crippen LogP contribution in [0.15, 0.2) is 194 Å². The molecule has 0 bridgehead atoms. The van der Waals surface area contributed by atoms with Gasteiger partial charge in [-0.15, -0.1) is 0 Å². The van der Waals surface area contributed by atoms with Gasteiger partial charge in [0.1, 0.15) is 0 Å². The van der Waals surface area contributed by atoms with E-state index < -0.39 is 0 Å². The average Bonchev–Trinajstić information content (AvgIpc) is 3.27. The first kappa shape index (κ1) is 32.5. The minimum atomic E-state index is 0.624. The third-order valence-corrected chi connectivity index (χ3v) is 9.27. The molecular formula is C48H32N6. The van der Waals surface area contributed by atoms with E-state index in [4.69, 9.17) is 24.9 Å². The summed E-state index contributed by atoms with van der Waals surface area (Å²) in [5.74, 6) is 2.58. The SMILES string of the molecule is c1ccc(-c2nc(-c3ccc(-c4cccnc4)cc3)cc(-c3cccc(-c4ccc(-c5nc(-c6ccccc6)nc(-c6ccccc6)n5)cc4)c3)n2)cc1. The van der Waals surface area contributed by atoms with Crippen molar-refractivity contribution < 1.29 is 0 Å². The van der Waals surface area contributed by atoms with Gasteiger partial charge < -0.3 is 0 Å². The second-order valence-corrected chi connectivity index (χ2v) is 12.8. The molecule has 0 atom stereocenters. The van der Waals surface area contributed by atoms with E-state index in [0.717, 1.165) is 67.0 Å². The van der Waals surface area contributed by atoms with Gasteiger partial charge in [-0.05, 0) is 40.5 Å². The molecule has 6 aromatic carbocycles. The molecule has 6 heteroatoms. The van der Waals surface area contributed by atoms with Gasteiger partial charge in [0, 0.05) is 45.8 Å². The Morgan fingerprint density at radius 3 is 1.15 bits per heavy atom. The zero-order valence-corrected chi connectivity index (χ0v) is 29.2. The van der Waals surface area contributed by atoms with Gasteiger partial charge in [-0.1, -0.05) is 164 Å². The molecule has 0 unspecified atom stereocenters. The lowest BCUT2D eigenvalue weighted by Gasteiger charge is -2.11. The lowest BCUT2D eigenvalue weighted by atomic mass is 9.99. The summed E-state index contributed by atoms with van der Waals surface area (Å²) in [5, 5.41) is 0.